The van der Waals surface area contributed by atoms with E-state index in [1.54, 1.807) is 24.5 Å². The predicted octanol–water partition coefficient (Wildman–Crippen LogP) is 1.70. The zero-order valence-corrected chi connectivity index (χ0v) is 12.3. The molecule has 0 aliphatic rings. The number of aromatic nitrogens is 1. The van der Waals surface area contributed by atoms with Crippen LogP contribution in [0.25, 0.3) is 0 Å². The van der Waals surface area contributed by atoms with Crippen molar-refractivity contribution in [2.24, 2.45) is 0 Å². The summed E-state index contributed by atoms with van der Waals surface area (Å²) >= 11 is 0. The van der Waals surface area contributed by atoms with Gasteiger partial charge in [0.05, 0.1) is 11.4 Å². The van der Waals surface area contributed by atoms with Crippen molar-refractivity contribution in [2.75, 3.05) is 31.3 Å². The summed E-state index contributed by atoms with van der Waals surface area (Å²) in [7, 11) is 3.83. The van der Waals surface area contributed by atoms with E-state index in [1.165, 1.54) is 0 Å². The molecule has 0 aliphatic heterocycles. The SMILES string of the molecule is CN(C)c1ccc(C(=O)NCCc2cccnc2)cc1N. The molecule has 110 valence electrons. The van der Waals surface area contributed by atoms with Crippen LogP contribution in [0.4, 0.5) is 11.4 Å². The molecule has 0 saturated carbocycles. The normalized spacial score (nSPS) is 10.2. The van der Waals surface area contributed by atoms with Crippen LogP contribution in [0.5, 0.6) is 0 Å². The second-order valence-corrected chi connectivity index (χ2v) is 5.04. The number of pyridine rings is 1. The van der Waals surface area contributed by atoms with E-state index in [2.05, 4.69) is 10.3 Å². The number of rotatable bonds is 5. The van der Waals surface area contributed by atoms with Crippen LogP contribution in [-0.2, 0) is 6.42 Å². The van der Waals surface area contributed by atoms with Crippen LogP contribution in [0.1, 0.15) is 15.9 Å². The number of hydrogen-bond acceptors (Lipinski definition) is 4. The Kier molecular flexibility index (Phi) is 4.77. The molecule has 5 nitrogen and oxygen atoms in total. The number of nitrogens with zero attached hydrogens (tertiary/aromatic N) is 2. The lowest BCUT2D eigenvalue weighted by atomic mass is 10.1. The van der Waals surface area contributed by atoms with E-state index in [0.29, 0.717) is 17.8 Å². The molecular weight excluding hydrogens is 264 g/mol. The van der Waals surface area contributed by atoms with Gasteiger partial charge in [0.25, 0.3) is 5.91 Å². The molecule has 2 rings (SSSR count). The maximum absolute atomic E-state index is 12.1. The fourth-order valence-corrected chi connectivity index (χ4v) is 2.07. The number of nitrogens with one attached hydrogen (secondary N) is 1. The molecule has 0 bridgehead atoms. The monoisotopic (exact) mass is 284 g/mol. The van der Waals surface area contributed by atoms with Crippen molar-refractivity contribution in [3.8, 4) is 0 Å². The van der Waals surface area contributed by atoms with Crippen LogP contribution in [-0.4, -0.2) is 31.5 Å². The predicted molar refractivity (Wildman–Crippen MR) is 85.5 cm³/mol. The van der Waals surface area contributed by atoms with Crippen LogP contribution >= 0.6 is 0 Å². The lowest BCUT2D eigenvalue weighted by Gasteiger charge is -2.15. The Morgan fingerprint density at radius 1 is 1.33 bits per heavy atom. The van der Waals surface area contributed by atoms with Crippen molar-refractivity contribution in [1.29, 1.82) is 0 Å². The Morgan fingerprint density at radius 3 is 2.76 bits per heavy atom. The molecule has 0 aliphatic carbocycles. The van der Waals surface area contributed by atoms with Gasteiger partial charge in [0.2, 0.25) is 0 Å². The summed E-state index contributed by atoms with van der Waals surface area (Å²) in [6.45, 7) is 0.569. The molecule has 3 N–H and O–H groups in total. The lowest BCUT2D eigenvalue weighted by molar-refractivity contribution is 0.0954. The van der Waals surface area contributed by atoms with Gasteiger partial charge in [-0.25, -0.2) is 0 Å². The third kappa shape index (κ3) is 3.95. The maximum Gasteiger partial charge on any atom is 0.251 e. The van der Waals surface area contributed by atoms with E-state index >= 15 is 0 Å². The minimum absolute atomic E-state index is 0.115. The van der Waals surface area contributed by atoms with E-state index in [-0.39, 0.29) is 5.91 Å². The Hall–Kier alpha value is -2.56. The smallest absolute Gasteiger partial charge is 0.251 e. The molecule has 1 aromatic heterocycles. The summed E-state index contributed by atoms with van der Waals surface area (Å²) in [4.78, 5) is 18.0. The molecule has 5 heteroatoms. The van der Waals surface area contributed by atoms with Crippen LogP contribution in [0, 0.1) is 0 Å². The van der Waals surface area contributed by atoms with Crippen LogP contribution in [0.3, 0.4) is 0 Å². The highest BCUT2D eigenvalue weighted by Crippen LogP contribution is 2.22. The van der Waals surface area contributed by atoms with Crippen molar-refractivity contribution in [3.63, 3.8) is 0 Å². The number of amides is 1. The molecule has 0 atom stereocenters. The Balaban J connectivity index is 1.93. The van der Waals surface area contributed by atoms with E-state index in [1.807, 2.05) is 37.2 Å². The van der Waals surface area contributed by atoms with E-state index in [0.717, 1.165) is 17.7 Å². The summed E-state index contributed by atoms with van der Waals surface area (Å²) in [5.74, 6) is -0.115. The van der Waals surface area contributed by atoms with Crippen LogP contribution in [0.2, 0.25) is 0 Å². The van der Waals surface area contributed by atoms with Gasteiger partial charge < -0.3 is 16.0 Å². The second-order valence-electron chi connectivity index (χ2n) is 5.04. The minimum atomic E-state index is -0.115. The molecular formula is C16H20N4O. The van der Waals surface area contributed by atoms with Gasteiger partial charge in [0, 0.05) is 38.6 Å². The lowest BCUT2D eigenvalue weighted by Crippen LogP contribution is -2.26. The topological polar surface area (TPSA) is 71.2 Å². The quantitative estimate of drug-likeness (QED) is 0.820. The largest absolute Gasteiger partial charge is 0.397 e. The second kappa shape index (κ2) is 6.74. The van der Waals surface area contributed by atoms with Gasteiger partial charge in [-0.1, -0.05) is 6.07 Å². The number of hydrogen-bond donors (Lipinski definition) is 2. The third-order valence-electron chi connectivity index (χ3n) is 3.19. The Bertz CT molecular complexity index is 611. The van der Waals surface area contributed by atoms with E-state index in [4.69, 9.17) is 5.73 Å². The van der Waals surface area contributed by atoms with Crippen LogP contribution < -0.4 is 16.0 Å². The minimum Gasteiger partial charge on any atom is -0.397 e. The standard InChI is InChI=1S/C16H20N4O/c1-20(2)15-6-5-13(10-14(15)17)16(21)19-9-7-12-4-3-8-18-11-12/h3-6,8,10-11H,7,9,17H2,1-2H3,(H,19,21). The van der Waals surface area contributed by atoms with Crippen molar-refractivity contribution in [3.05, 3.63) is 53.9 Å². The van der Waals surface area contributed by atoms with Gasteiger partial charge in [0.1, 0.15) is 0 Å². The first-order chi connectivity index (χ1) is 10.1. The van der Waals surface area contributed by atoms with Crippen molar-refractivity contribution < 1.29 is 4.79 Å². The third-order valence-corrected chi connectivity index (χ3v) is 3.19. The van der Waals surface area contributed by atoms with Crippen molar-refractivity contribution >= 4 is 17.3 Å². The summed E-state index contributed by atoms with van der Waals surface area (Å²) in [6, 6.07) is 9.21. The van der Waals surface area contributed by atoms with Gasteiger partial charge in [-0.15, -0.1) is 0 Å². The fraction of sp³-hybridized carbons (Fsp3) is 0.250. The molecule has 0 spiro atoms. The van der Waals surface area contributed by atoms with E-state index < -0.39 is 0 Å². The molecule has 2 aromatic rings. The highest BCUT2D eigenvalue weighted by Gasteiger charge is 2.08. The summed E-state index contributed by atoms with van der Waals surface area (Å²) < 4.78 is 0. The van der Waals surface area contributed by atoms with Gasteiger partial charge in [0.15, 0.2) is 0 Å². The Labute approximate surface area is 124 Å². The maximum atomic E-state index is 12.1. The fourth-order valence-electron chi connectivity index (χ4n) is 2.07. The number of anilines is 2. The van der Waals surface area contributed by atoms with Crippen molar-refractivity contribution in [2.45, 2.75) is 6.42 Å². The van der Waals surface area contributed by atoms with Gasteiger partial charge in [-0.05, 0) is 36.2 Å². The average Bonchev–Trinajstić information content (AvgIpc) is 2.47. The Morgan fingerprint density at radius 2 is 2.14 bits per heavy atom. The number of carbonyl (C=O) groups excluding carboxylic acids is 1. The summed E-state index contributed by atoms with van der Waals surface area (Å²) in [6.07, 6.45) is 4.29. The molecule has 1 heterocycles. The molecule has 0 unspecified atom stereocenters. The zero-order chi connectivity index (χ0) is 15.2. The highest BCUT2D eigenvalue weighted by atomic mass is 16.1. The van der Waals surface area contributed by atoms with E-state index in [9.17, 15) is 4.79 Å². The average molecular weight is 284 g/mol. The number of nitrogens with two attached hydrogens (primary N) is 1. The first-order valence-corrected chi connectivity index (χ1v) is 6.82. The molecule has 0 saturated heterocycles. The summed E-state index contributed by atoms with van der Waals surface area (Å²) in [5.41, 5.74) is 9.12. The van der Waals surface area contributed by atoms with Gasteiger partial charge >= 0.3 is 0 Å². The number of carbonyl (C=O) groups is 1. The summed E-state index contributed by atoms with van der Waals surface area (Å²) in [5, 5.41) is 2.89. The molecule has 21 heavy (non-hydrogen) atoms. The van der Waals surface area contributed by atoms with Gasteiger partial charge in [-0.3, -0.25) is 9.78 Å². The molecule has 1 aromatic carbocycles. The number of benzene rings is 1. The van der Waals surface area contributed by atoms with Crippen LogP contribution in [0.15, 0.2) is 42.7 Å². The highest BCUT2D eigenvalue weighted by molar-refractivity contribution is 5.96. The zero-order valence-electron chi connectivity index (χ0n) is 12.3. The molecule has 0 fully saturated rings. The number of nitrogen functional groups attached to an aromatic ring is 1. The first kappa shape index (κ1) is 14.8. The first-order valence-electron chi connectivity index (χ1n) is 6.82. The van der Waals surface area contributed by atoms with Gasteiger partial charge in [-0.2, -0.15) is 0 Å². The molecule has 1 amide bonds. The molecule has 0 radical (unpaired) electrons. The van der Waals surface area contributed by atoms with Crippen molar-refractivity contribution in [1.82, 2.24) is 10.3 Å².